The van der Waals surface area contributed by atoms with Gasteiger partial charge in [0.05, 0.1) is 0 Å². The summed E-state index contributed by atoms with van der Waals surface area (Å²) < 4.78 is 36.7. The van der Waals surface area contributed by atoms with Crippen LogP contribution in [0.1, 0.15) is 13.3 Å². The Morgan fingerprint density at radius 1 is 1.45 bits per heavy atom. The summed E-state index contributed by atoms with van der Waals surface area (Å²) >= 11 is 0. The molecule has 0 saturated carbocycles. The van der Waals surface area contributed by atoms with E-state index in [4.69, 9.17) is 0 Å². The lowest BCUT2D eigenvalue weighted by molar-refractivity contribution is 0.476. The van der Waals surface area contributed by atoms with Gasteiger partial charge in [0.25, 0.3) is 0 Å². The van der Waals surface area contributed by atoms with Gasteiger partial charge in [-0.3, -0.25) is 0 Å². The maximum Gasteiger partial charge on any atom is 0.189 e. The number of allylic oxidation sites excluding steroid dienone is 3. The Bertz CT molecular complexity index is 184. The van der Waals surface area contributed by atoms with Gasteiger partial charge in [0, 0.05) is 0 Å². The first-order chi connectivity index (χ1) is 4.95. The van der Waals surface area contributed by atoms with Crippen molar-refractivity contribution in [3.63, 3.8) is 0 Å². The fourth-order valence-corrected chi connectivity index (χ4v) is 0.595. The van der Waals surface area contributed by atoms with Crippen LogP contribution in [0, 0.1) is 0 Å². The van der Waals surface area contributed by atoms with Gasteiger partial charge in [0.1, 0.15) is 13.7 Å². The predicted octanol–water partition coefficient (Wildman–Crippen LogP) is 2.45. The summed E-state index contributed by atoms with van der Waals surface area (Å²) in [6.07, 6.45) is -0.0885. The van der Waals surface area contributed by atoms with Crippen LogP contribution in [0.25, 0.3) is 0 Å². The zero-order chi connectivity index (χ0) is 9.02. The second kappa shape index (κ2) is 4.26. The minimum absolute atomic E-state index is 0.0277. The minimum atomic E-state index is -1.46. The third-order valence-electron chi connectivity index (χ3n) is 1.06. The highest BCUT2D eigenvalue weighted by Gasteiger charge is 2.10. The van der Waals surface area contributed by atoms with E-state index in [1.165, 1.54) is 0 Å². The molecule has 0 N–H and O–H groups in total. The molecule has 11 heavy (non-hydrogen) atoms. The lowest BCUT2D eigenvalue weighted by Crippen LogP contribution is -1.88. The van der Waals surface area contributed by atoms with Crippen molar-refractivity contribution in [2.45, 2.75) is 19.2 Å². The molecule has 0 aromatic rings. The minimum Gasteiger partial charge on any atom is -0.209 e. The van der Waals surface area contributed by atoms with Crippen LogP contribution in [-0.4, -0.2) is 7.85 Å². The molecule has 0 saturated heterocycles. The molecule has 0 amide bonds. The number of halogens is 3. The average Bonchev–Trinajstić information content (AvgIpc) is 1.84. The Balaban J connectivity index is 4.28. The summed E-state index contributed by atoms with van der Waals surface area (Å²) in [5, 5.41) is 0. The molecule has 0 heterocycles. The van der Waals surface area contributed by atoms with Gasteiger partial charge in [-0.2, -0.15) is 0 Å². The Morgan fingerprint density at radius 3 is 2.18 bits per heavy atom. The molecule has 4 heteroatoms. The van der Waals surface area contributed by atoms with Crippen molar-refractivity contribution in [2.24, 2.45) is 0 Å². The SMILES string of the molecule is BC(C)C/C(F)=C(/F)C(=C)F. The van der Waals surface area contributed by atoms with Crippen molar-refractivity contribution in [1.82, 2.24) is 0 Å². The highest BCUT2D eigenvalue weighted by atomic mass is 19.2. The molecule has 0 aliphatic rings. The van der Waals surface area contributed by atoms with Crippen LogP contribution >= 0.6 is 0 Å². The molecular formula is C7H10BF3. The summed E-state index contributed by atoms with van der Waals surface area (Å²) in [5.41, 5.74) is 0. The van der Waals surface area contributed by atoms with E-state index in [0.717, 1.165) is 0 Å². The van der Waals surface area contributed by atoms with Crippen LogP contribution < -0.4 is 0 Å². The topological polar surface area (TPSA) is 0 Å². The third-order valence-corrected chi connectivity index (χ3v) is 1.06. The van der Waals surface area contributed by atoms with E-state index in [2.05, 4.69) is 6.58 Å². The van der Waals surface area contributed by atoms with Crippen LogP contribution in [0.4, 0.5) is 13.2 Å². The second-order valence-corrected chi connectivity index (χ2v) is 2.72. The van der Waals surface area contributed by atoms with Crippen molar-refractivity contribution in [3.05, 3.63) is 24.1 Å². The van der Waals surface area contributed by atoms with Crippen LogP contribution in [0.15, 0.2) is 24.1 Å². The molecular weight excluding hydrogens is 152 g/mol. The van der Waals surface area contributed by atoms with Gasteiger partial charge < -0.3 is 0 Å². The lowest BCUT2D eigenvalue weighted by atomic mass is 9.86. The Hall–Kier alpha value is -0.665. The highest BCUT2D eigenvalue weighted by Crippen LogP contribution is 2.23. The zero-order valence-electron chi connectivity index (χ0n) is 6.63. The van der Waals surface area contributed by atoms with Crippen LogP contribution in [0.3, 0.4) is 0 Å². The molecule has 0 radical (unpaired) electrons. The normalized spacial score (nSPS) is 15.6. The van der Waals surface area contributed by atoms with Gasteiger partial charge in [0.2, 0.25) is 0 Å². The maximum absolute atomic E-state index is 12.5. The molecule has 0 aliphatic heterocycles. The van der Waals surface area contributed by atoms with Gasteiger partial charge in [-0.15, -0.1) is 0 Å². The fraction of sp³-hybridized carbons (Fsp3) is 0.429. The van der Waals surface area contributed by atoms with Crippen molar-refractivity contribution in [2.75, 3.05) is 0 Å². The first-order valence-corrected chi connectivity index (χ1v) is 3.34. The van der Waals surface area contributed by atoms with E-state index in [0.29, 0.717) is 0 Å². The summed E-state index contributed by atoms with van der Waals surface area (Å²) in [6.45, 7) is 4.36. The molecule has 0 aliphatic carbocycles. The maximum atomic E-state index is 12.5. The van der Waals surface area contributed by atoms with Crippen molar-refractivity contribution < 1.29 is 13.2 Å². The van der Waals surface area contributed by atoms with Crippen molar-refractivity contribution in [3.8, 4) is 0 Å². The molecule has 0 aromatic carbocycles. The van der Waals surface area contributed by atoms with Gasteiger partial charge in [-0.1, -0.05) is 19.3 Å². The largest absolute Gasteiger partial charge is 0.209 e. The first-order valence-electron chi connectivity index (χ1n) is 3.34. The lowest BCUT2D eigenvalue weighted by Gasteiger charge is -2.01. The standard InChI is InChI=1S/C7H10BF3/c1-4(8)3-6(10)7(11)5(2)9/h4H,2-3,8H2,1H3/b7-6-. The first kappa shape index (κ1) is 10.3. The van der Waals surface area contributed by atoms with Crippen molar-refractivity contribution in [1.29, 1.82) is 0 Å². The predicted molar refractivity (Wildman–Crippen MR) is 42.1 cm³/mol. The van der Waals surface area contributed by atoms with Crippen molar-refractivity contribution >= 4 is 7.85 Å². The number of hydrogen-bond acceptors (Lipinski definition) is 0. The number of hydrogen-bond donors (Lipinski definition) is 0. The van der Waals surface area contributed by atoms with Gasteiger partial charge in [0.15, 0.2) is 11.7 Å². The Morgan fingerprint density at radius 2 is 1.91 bits per heavy atom. The summed E-state index contributed by atoms with van der Waals surface area (Å²) in [5.74, 6) is -3.89. The summed E-state index contributed by atoms with van der Waals surface area (Å²) in [7, 11) is 1.72. The van der Waals surface area contributed by atoms with Gasteiger partial charge >= 0.3 is 0 Å². The van der Waals surface area contributed by atoms with E-state index in [-0.39, 0.29) is 12.2 Å². The summed E-state index contributed by atoms with van der Waals surface area (Å²) in [4.78, 5) is 0. The quantitative estimate of drug-likeness (QED) is 0.441. The molecule has 0 nitrogen and oxygen atoms in total. The number of rotatable bonds is 3. The molecule has 0 spiro atoms. The zero-order valence-corrected chi connectivity index (χ0v) is 6.63. The van der Waals surface area contributed by atoms with E-state index < -0.39 is 17.5 Å². The summed E-state index contributed by atoms with van der Waals surface area (Å²) in [6, 6.07) is 0. The molecule has 0 aromatic heterocycles. The highest BCUT2D eigenvalue weighted by molar-refractivity contribution is 6.11. The van der Waals surface area contributed by atoms with E-state index in [1.807, 2.05) is 0 Å². The van der Waals surface area contributed by atoms with Gasteiger partial charge in [-0.25, -0.2) is 13.2 Å². The molecule has 62 valence electrons. The molecule has 0 rings (SSSR count). The van der Waals surface area contributed by atoms with E-state index in [9.17, 15) is 13.2 Å². The smallest absolute Gasteiger partial charge is 0.189 e. The van der Waals surface area contributed by atoms with Crippen LogP contribution in [0.2, 0.25) is 5.82 Å². The average molecular weight is 162 g/mol. The monoisotopic (exact) mass is 162 g/mol. The fourth-order valence-electron chi connectivity index (χ4n) is 0.595. The molecule has 1 atom stereocenters. The van der Waals surface area contributed by atoms with Gasteiger partial charge in [-0.05, 0) is 6.42 Å². The Labute approximate surface area is 65.2 Å². The third kappa shape index (κ3) is 3.91. The molecule has 0 fully saturated rings. The van der Waals surface area contributed by atoms with E-state index in [1.54, 1.807) is 14.8 Å². The molecule has 1 unspecified atom stereocenters. The second-order valence-electron chi connectivity index (χ2n) is 2.72. The van der Waals surface area contributed by atoms with Crippen LogP contribution in [0.5, 0.6) is 0 Å². The van der Waals surface area contributed by atoms with Crippen LogP contribution in [-0.2, 0) is 0 Å². The Kier molecular flexibility index (Phi) is 4.00. The molecule has 0 bridgehead atoms. The van der Waals surface area contributed by atoms with E-state index >= 15 is 0 Å².